The molecule has 0 spiro atoms. The predicted octanol–water partition coefficient (Wildman–Crippen LogP) is 4.20. The van der Waals surface area contributed by atoms with Crippen LogP contribution in [0, 0.1) is 24.0 Å². The lowest BCUT2D eigenvalue weighted by Crippen LogP contribution is -2.07. The number of benzene rings is 2. The molecule has 3 aromatic rings. The first-order valence-corrected chi connectivity index (χ1v) is 9.17. The first kappa shape index (κ1) is 17.9. The summed E-state index contributed by atoms with van der Waals surface area (Å²) in [5.41, 5.74) is 3.10. The number of nitro groups is 1. The average Bonchev–Trinajstić information content (AvgIpc) is 3.24. The lowest BCUT2D eigenvalue weighted by molar-refractivity contribution is -0.385. The van der Waals surface area contributed by atoms with E-state index in [9.17, 15) is 14.9 Å². The Balaban J connectivity index is 1.56. The summed E-state index contributed by atoms with van der Waals surface area (Å²) in [6, 6.07) is 6.82. The number of anilines is 1. The van der Waals surface area contributed by atoms with Gasteiger partial charge in [-0.15, -0.1) is 0 Å². The van der Waals surface area contributed by atoms with Gasteiger partial charge in [0, 0.05) is 6.08 Å². The van der Waals surface area contributed by atoms with Gasteiger partial charge in [-0.05, 0) is 43.2 Å². The maximum atomic E-state index is 12.3. The molecule has 0 saturated heterocycles. The van der Waals surface area contributed by atoms with Crippen molar-refractivity contribution in [2.75, 3.05) is 12.1 Å². The topological polar surface area (TPSA) is 104 Å². The molecule has 1 aromatic heterocycles. The Morgan fingerprint density at radius 3 is 2.75 bits per heavy atom. The van der Waals surface area contributed by atoms with Crippen LogP contribution in [0.3, 0.4) is 0 Å². The number of nitrogens with one attached hydrogen (secondary N) is 1. The van der Waals surface area contributed by atoms with Gasteiger partial charge < -0.3 is 9.47 Å². The number of aromatic nitrogens is 1. The van der Waals surface area contributed by atoms with E-state index in [2.05, 4.69) is 10.3 Å². The summed E-state index contributed by atoms with van der Waals surface area (Å²) >= 11 is 1.38. The number of carbonyl (C=O) groups is 1. The fourth-order valence-corrected chi connectivity index (χ4v) is 4.02. The smallest absolute Gasteiger partial charge is 0.280 e. The fourth-order valence-electron chi connectivity index (χ4n) is 2.98. The van der Waals surface area contributed by atoms with E-state index in [1.54, 1.807) is 0 Å². The molecule has 0 atom stereocenters. The number of aryl methyl sites for hydroxylation is 2. The molecule has 1 amide bonds. The molecule has 9 heteroatoms. The van der Waals surface area contributed by atoms with Crippen molar-refractivity contribution in [3.8, 4) is 11.5 Å². The molecule has 142 valence electrons. The van der Waals surface area contributed by atoms with E-state index in [4.69, 9.17) is 9.47 Å². The van der Waals surface area contributed by atoms with Crippen molar-refractivity contribution in [2.45, 2.75) is 13.8 Å². The summed E-state index contributed by atoms with van der Waals surface area (Å²) in [5, 5.41) is 14.5. The molecule has 0 fully saturated rings. The van der Waals surface area contributed by atoms with E-state index in [1.807, 2.05) is 26.0 Å². The Kier molecular flexibility index (Phi) is 4.44. The summed E-state index contributed by atoms with van der Waals surface area (Å²) in [6.45, 7) is 3.99. The molecule has 1 aliphatic heterocycles. The van der Waals surface area contributed by atoms with E-state index < -0.39 is 10.8 Å². The highest BCUT2D eigenvalue weighted by Crippen LogP contribution is 2.38. The number of hydrogen-bond donors (Lipinski definition) is 1. The molecule has 0 unspecified atom stereocenters. The number of rotatable bonds is 4. The largest absolute Gasteiger partial charge is 0.454 e. The average molecular weight is 397 g/mol. The van der Waals surface area contributed by atoms with Gasteiger partial charge in [0.25, 0.3) is 5.69 Å². The van der Waals surface area contributed by atoms with Crippen molar-refractivity contribution >= 4 is 44.4 Å². The molecular weight excluding hydrogens is 382 g/mol. The Bertz CT molecular complexity index is 1150. The van der Waals surface area contributed by atoms with Crippen LogP contribution in [0.25, 0.3) is 16.3 Å². The minimum absolute atomic E-state index is 0.0106. The summed E-state index contributed by atoms with van der Waals surface area (Å²) in [5.74, 6) is 0.288. The molecule has 0 saturated carbocycles. The third kappa shape index (κ3) is 3.39. The van der Waals surface area contributed by atoms with Crippen LogP contribution < -0.4 is 14.8 Å². The number of fused-ring (bicyclic) bond motifs is 2. The van der Waals surface area contributed by atoms with Gasteiger partial charge in [-0.2, -0.15) is 0 Å². The summed E-state index contributed by atoms with van der Waals surface area (Å²) in [6.07, 6.45) is 2.60. The molecule has 0 bridgehead atoms. The van der Waals surface area contributed by atoms with Crippen molar-refractivity contribution < 1.29 is 19.2 Å². The number of nitrogens with zero attached hydrogens (tertiary/aromatic N) is 2. The second kappa shape index (κ2) is 6.93. The molecule has 8 nitrogen and oxygen atoms in total. The molecule has 2 heterocycles. The first-order valence-electron chi connectivity index (χ1n) is 8.35. The van der Waals surface area contributed by atoms with Crippen molar-refractivity contribution in [2.24, 2.45) is 0 Å². The highest BCUT2D eigenvalue weighted by molar-refractivity contribution is 7.22. The van der Waals surface area contributed by atoms with Gasteiger partial charge in [0.15, 0.2) is 16.6 Å². The SMILES string of the molecule is Cc1cc(C)c2nc(NC(=O)/C=C/c3cc4c(cc3[N+](=O)[O-])OCO4)sc2c1. The predicted molar refractivity (Wildman–Crippen MR) is 106 cm³/mol. The molecule has 0 aliphatic carbocycles. The lowest BCUT2D eigenvalue weighted by Gasteiger charge is -2.01. The molecule has 0 radical (unpaired) electrons. The Morgan fingerprint density at radius 2 is 2.00 bits per heavy atom. The summed E-state index contributed by atoms with van der Waals surface area (Å²) in [7, 11) is 0. The second-order valence-corrected chi connectivity index (χ2v) is 7.32. The molecular formula is C19H15N3O5S. The zero-order chi connectivity index (χ0) is 19.8. The van der Waals surface area contributed by atoms with Crippen molar-refractivity contribution in [1.29, 1.82) is 0 Å². The highest BCUT2D eigenvalue weighted by Gasteiger charge is 2.22. The number of thiazole rings is 1. The van der Waals surface area contributed by atoms with E-state index in [-0.39, 0.29) is 18.0 Å². The number of amides is 1. The Labute approximate surface area is 163 Å². The van der Waals surface area contributed by atoms with Crippen LogP contribution in [0.2, 0.25) is 0 Å². The van der Waals surface area contributed by atoms with Crippen LogP contribution >= 0.6 is 11.3 Å². The van der Waals surface area contributed by atoms with Crippen molar-refractivity contribution in [3.63, 3.8) is 0 Å². The second-order valence-electron chi connectivity index (χ2n) is 6.29. The van der Waals surface area contributed by atoms with Gasteiger partial charge in [-0.1, -0.05) is 17.4 Å². The van der Waals surface area contributed by atoms with Gasteiger partial charge in [0.05, 0.1) is 26.8 Å². The first-order chi connectivity index (χ1) is 13.4. The normalized spacial score (nSPS) is 12.6. The molecule has 4 rings (SSSR count). The number of hydrogen-bond acceptors (Lipinski definition) is 7. The zero-order valence-corrected chi connectivity index (χ0v) is 15.8. The van der Waals surface area contributed by atoms with Gasteiger partial charge in [-0.3, -0.25) is 20.2 Å². The van der Waals surface area contributed by atoms with Gasteiger partial charge in [0.1, 0.15) is 0 Å². The van der Waals surface area contributed by atoms with Crippen LogP contribution in [0.5, 0.6) is 11.5 Å². The fraction of sp³-hybridized carbons (Fsp3) is 0.158. The van der Waals surface area contributed by atoms with Crippen LogP contribution in [0.1, 0.15) is 16.7 Å². The Morgan fingerprint density at radius 1 is 1.25 bits per heavy atom. The third-order valence-electron chi connectivity index (χ3n) is 4.19. The van der Waals surface area contributed by atoms with Crippen LogP contribution in [0.4, 0.5) is 10.8 Å². The van der Waals surface area contributed by atoms with E-state index in [1.165, 1.54) is 35.6 Å². The van der Waals surface area contributed by atoms with Crippen LogP contribution in [-0.4, -0.2) is 22.6 Å². The monoisotopic (exact) mass is 397 g/mol. The summed E-state index contributed by atoms with van der Waals surface area (Å²) in [4.78, 5) is 27.5. The molecule has 1 aliphatic rings. The quantitative estimate of drug-likeness (QED) is 0.402. The number of ether oxygens (including phenoxy) is 2. The van der Waals surface area contributed by atoms with Crippen molar-refractivity contribution in [3.05, 3.63) is 57.1 Å². The molecule has 28 heavy (non-hydrogen) atoms. The van der Waals surface area contributed by atoms with Crippen molar-refractivity contribution in [1.82, 2.24) is 4.98 Å². The van der Waals surface area contributed by atoms with Crippen LogP contribution in [0.15, 0.2) is 30.3 Å². The van der Waals surface area contributed by atoms with Gasteiger partial charge in [0.2, 0.25) is 12.7 Å². The standard InChI is InChI=1S/C19H15N3O5S/c1-10-5-11(2)18-16(6-10)28-19(21-18)20-17(23)4-3-12-7-14-15(27-9-26-14)8-13(12)22(24)25/h3-8H,9H2,1-2H3,(H,20,21,23)/b4-3+. The molecule has 2 aromatic carbocycles. The van der Waals surface area contributed by atoms with E-state index in [0.29, 0.717) is 16.6 Å². The minimum Gasteiger partial charge on any atom is -0.454 e. The Hall–Kier alpha value is -3.46. The summed E-state index contributed by atoms with van der Waals surface area (Å²) < 4.78 is 11.4. The maximum Gasteiger partial charge on any atom is 0.280 e. The molecule has 1 N–H and O–H groups in total. The number of carbonyl (C=O) groups excluding carboxylic acids is 1. The van der Waals surface area contributed by atoms with Crippen LogP contribution in [-0.2, 0) is 4.79 Å². The maximum absolute atomic E-state index is 12.3. The van der Waals surface area contributed by atoms with E-state index >= 15 is 0 Å². The number of nitro benzene ring substituents is 1. The van der Waals surface area contributed by atoms with Gasteiger partial charge in [-0.25, -0.2) is 4.98 Å². The van der Waals surface area contributed by atoms with Gasteiger partial charge >= 0.3 is 0 Å². The minimum atomic E-state index is -0.530. The third-order valence-corrected chi connectivity index (χ3v) is 5.11. The zero-order valence-electron chi connectivity index (χ0n) is 15.0. The highest BCUT2D eigenvalue weighted by atomic mass is 32.1. The van der Waals surface area contributed by atoms with E-state index in [0.717, 1.165) is 21.3 Å². The lowest BCUT2D eigenvalue weighted by atomic mass is 10.1.